The first-order chi connectivity index (χ1) is 11.2. The number of carbonyl (C=O) groups is 1. The van der Waals surface area contributed by atoms with E-state index in [0.717, 1.165) is 5.70 Å². The summed E-state index contributed by atoms with van der Waals surface area (Å²) in [5.41, 5.74) is 14.8. The van der Waals surface area contributed by atoms with Gasteiger partial charge in [-0.15, -0.1) is 0 Å². The molecule has 2 heterocycles. The smallest absolute Gasteiger partial charge is 0.254 e. The molecule has 0 bridgehead atoms. The predicted octanol–water partition coefficient (Wildman–Crippen LogP) is 2.90. The monoisotopic (exact) mass is 391 g/mol. The van der Waals surface area contributed by atoms with Crippen molar-refractivity contribution < 1.29 is 9.90 Å². The van der Waals surface area contributed by atoms with Crippen LogP contribution in [0.3, 0.4) is 0 Å². The number of aromatic nitrogens is 3. The Kier molecular flexibility index (Phi) is 3.87. The molecule has 0 aliphatic heterocycles. The van der Waals surface area contributed by atoms with Crippen molar-refractivity contribution in [3.63, 3.8) is 0 Å². The van der Waals surface area contributed by atoms with Crippen LogP contribution in [0.1, 0.15) is 36.3 Å². The number of anilines is 1. The van der Waals surface area contributed by atoms with E-state index in [1.165, 1.54) is 0 Å². The van der Waals surface area contributed by atoms with Crippen LogP contribution in [0, 0.1) is 12.8 Å². The highest BCUT2D eigenvalue weighted by atomic mass is 79.9. The van der Waals surface area contributed by atoms with Crippen LogP contribution >= 0.6 is 15.9 Å². The van der Waals surface area contributed by atoms with Crippen LogP contribution < -0.4 is 11.5 Å². The van der Waals surface area contributed by atoms with Crippen LogP contribution in [0.25, 0.3) is 16.9 Å². The molecule has 2 aromatic rings. The molecule has 0 aromatic carbocycles. The number of hydrogen-bond acceptors (Lipinski definition) is 5. The molecule has 0 saturated heterocycles. The SMILES string of the molecule is CC1=C(n2c(N)c(C(N)=O)c3nc(C)c(Br)nc32)[C@H](C)CC=C1O. The van der Waals surface area contributed by atoms with E-state index < -0.39 is 5.91 Å². The first-order valence-electron chi connectivity index (χ1n) is 7.48. The van der Waals surface area contributed by atoms with Gasteiger partial charge in [0.1, 0.15) is 27.3 Å². The molecule has 3 rings (SSSR count). The van der Waals surface area contributed by atoms with Crippen LogP contribution in [0.2, 0.25) is 0 Å². The summed E-state index contributed by atoms with van der Waals surface area (Å²) in [6.45, 7) is 5.60. The molecule has 0 fully saturated rings. The molecular formula is C16H18BrN5O2. The Labute approximate surface area is 147 Å². The van der Waals surface area contributed by atoms with Gasteiger partial charge in [0.15, 0.2) is 5.65 Å². The van der Waals surface area contributed by atoms with Gasteiger partial charge in [-0.1, -0.05) is 6.92 Å². The van der Waals surface area contributed by atoms with Crippen LogP contribution in [-0.2, 0) is 0 Å². The van der Waals surface area contributed by atoms with E-state index in [4.69, 9.17) is 11.5 Å². The van der Waals surface area contributed by atoms with E-state index in [9.17, 15) is 9.90 Å². The van der Waals surface area contributed by atoms with Gasteiger partial charge < -0.3 is 16.6 Å². The summed E-state index contributed by atoms with van der Waals surface area (Å²) in [6, 6.07) is 0. The number of aryl methyl sites for hydroxylation is 1. The maximum Gasteiger partial charge on any atom is 0.254 e. The normalized spacial score (nSPS) is 18.2. The fraction of sp³-hybridized carbons (Fsp3) is 0.312. The van der Waals surface area contributed by atoms with Crippen molar-refractivity contribution in [2.75, 3.05) is 5.73 Å². The summed E-state index contributed by atoms with van der Waals surface area (Å²) < 4.78 is 2.24. The lowest BCUT2D eigenvalue weighted by molar-refractivity contribution is 0.100. The molecule has 0 spiro atoms. The minimum absolute atomic E-state index is 0.0846. The summed E-state index contributed by atoms with van der Waals surface area (Å²) >= 11 is 3.37. The number of nitrogen functional groups attached to an aromatic ring is 1. The predicted molar refractivity (Wildman–Crippen MR) is 96.3 cm³/mol. The second-order valence-electron chi connectivity index (χ2n) is 5.97. The number of aliphatic hydroxyl groups excluding tert-OH is 1. The zero-order chi connectivity index (χ0) is 17.8. The number of halogens is 1. The van der Waals surface area contributed by atoms with Gasteiger partial charge in [-0.05, 0) is 42.3 Å². The molecule has 0 radical (unpaired) electrons. The highest BCUT2D eigenvalue weighted by Crippen LogP contribution is 2.38. The molecule has 8 heteroatoms. The van der Waals surface area contributed by atoms with Crippen molar-refractivity contribution >= 4 is 44.5 Å². The van der Waals surface area contributed by atoms with E-state index in [2.05, 4.69) is 25.9 Å². The van der Waals surface area contributed by atoms with Gasteiger partial charge in [0.2, 0.25) is 0 Å². The first-order valence-corrected chi connectivity index (χ1v) is 8.27. The van der Waals surface area contributed by atoms with Crippen molar-refractivity contribution in [1.29, 1.82) is 0 Å². The molecule has 7 nitrogen and oxygen atoms in total. The van der Waals surface area contributed by atoms with Crippen LogP contribution in [0.4, 0.5) is 5.82 Å². The third kappa shape index (κ3) is 2.29. The minimum Gasteiger partial charge on any atom is -0.508 e. The minimum atomic E-state index is -0.659. The lowest BCUT2D eigenvalue weighted by Gasteiger charge is -2.24. The summed E-state index contributed by atoms with van der Waals surface area (Å²) in [5.74, 6) is -0.190. The van der Waals surface area contributed by atoms with Crippen molar-refractivity contribution in [3.8, 4) is 0 Å². The fourth-order valence-corrected chi connectivity index (χ4v) is 3.35. The van der Waals surface area contributed by atoms with E-state index in [-0.39, 0.29) is 23.1 Å². The number of nitrogens with two attached hydrogens (primary N) is 2. The van der Waals surface area contributed by atoms with E-state index in [0.29, 0.717) is 33.5 Å². The van der Waals surface area contributed by atoms with Gasteiger partial charge in [0.05, 0.1) is 5.69 Å². The summed E-state index contributed by atoms with van der Waals surface area (Å²) in [7, 11) is 0. The lowest BCUT2D eigenvalue weighted by atomic mass is 9.93. The Morgan fingerprint density at radius 2 is 2.08 bits per heavy atom. The van der Waals surface area contributed by atoms with Gasteiger partial charge in [0, 0.05) is 17.2 Å². The number of fused-ring (bicyclic) bond motifs is 1. The Bertz CT molecular complexity index is 942. The Hall–Kier alpha value is -2.35. The number of primary amides is 1. The highest BCUT2D eigenvalue weighted by molar-refractivity contribution is 9.10. The highest BCUT2D eigenvalue weighted by Gasteiger charge is 2.29. The molecule has 1 aliphatic rings. The maximum absolute atomic E-state index is 11.9. The molecule has 1 amide bonds. The number of allylic oxidation sites excluding steroid dienone is 3. The zero-order valence-electron chi connectivity index (χ0n) is 13.6. The average Bonchev–Trinajstić information content (AvgIpc) is 2.77. The fourth-order valence-electron chi connectivity index (χ4n) is 3.09. The Balaban J connectivity index is 2.47. The Morgan fingerprint density at radius 1 is 1.42 bits per heavy atom. The van der Waals surface area contributed by atoms with Crippen molar-refractivity contribution in [2.45, 2.75) is 27.2 Å². The molecule has 126 valence electrons. The molecule has 1 aliphatic carbocycles. The van der Waals surface area contributed by atoms with Crippen LogP contribution in [0.5, 0.6) is 0 Å². The average molecular weight is 392 g/mol. The summed E-state index contributed by atoms with van der Waals surface area (Å²) in [4.78, 5) is 20.9. The van der Waals surface area contributed by atoms with Gasteiger partial charge in [-0.3, -0.25) is 9.36 Å². The molecule has 2 aromatic heterocycles. The number of aliphatic hydroxyl groups is 1. The van der Waals surface area contributed by atoms with Crippen molar-refractivity contribution in [2.24, 2.45) is 11.7 Å². The topological polar surface area (TPSA) is 120 Å². The maximum atomic E-state index is 11.9. The van der Waals surface area contributed by atoms with Crippen LogP contribution in [0.15, 0.2) is 22.0 Å². The molecule has 5 N–H and O–H groups in total. The molecule has 24 heavy (non-hydrogen) atoms. The van der Waals surface area contributed by atoms with Gasteiger partial charge in [0.25, 0.3) is 5.91 Å². The van der Waals surface area contributed by atoms with Crippen molar-refractivity contribution in [1.82, 2.24) is 14.5 Å². The molecule has 0 saturated carbocycles. The standard InChI is InChI=1S/C16H18BrN5O2/c1-6-4-5-9(23)7(2)12(6)22-14(18)10(15(19)24)11-16(22)21-13(17)8(3)20-11/h5-6,23H,4,18H2,1-3H3,(H2,19,24)/t6-/m1/s1. The zero-order valence-corrected chi connectivity index (χ0v) is 15.2. The Morgan fingerprint density at radius 3 is 2.71 bits per heavy atom. The van der Waals surface area contributed by atoms with Crippen molar-refractivity contribution in [3.05, 3.63) is 33.3 Å². The second-order valence-corrected chi connectivity index (χ2v) is 6.72. The van der Waals surface area contributed by atoms with Gasteiger partial charge in [-0.25, -0.2) is 9.97 Å². The van der Waals surface area contributed by atoms with E-state index >= 15 is 0 Å². The summed E-state index contributed by atoms with van der Waals surface area (Å²) in [6.07, 6.45) is 2.43. The lowest BCUT2D eigenvalue weighted by Crippen LogP contribution is -2.17. The third-order valence-electron chi connectivity index (χ3n) is 4.33. The number of nitrogens with zero attached hydrogens (tertiary/aromatic N) is 3. The number of rotatable bonds is 2. The largest absolute Gasteiger partial charge is 0.508 e. The first kappa shape index (κ1) is 16.5. The quantitative estimate of drug-likeness (QED) is 0.726. The third-order valence-corrected chi connectivity index (χ3v) is 5.08. The summed E-state index contributed by atoms with van der Waals surface area (Å²) in [5, 5.41) is 10.1. The number of carbonyl (C=O) groups excluding carboxylic acids is 1. The second kappa shape index (κ2) is 5.62. The van der Waals surface area contributed by atoms with E-state index in [1.54, 1.807) is 17.6 Å². The van der Waals surface area contributed by atoms with Crippen LogP contribution in [-0.4, -0.2) is 25.5 Å². The van der Waals surface area contributed by atoms with Gasteiger partial charge in [-0.2, -0.15) is 0 Å². The number of hydrogen-bond donors (Lipinski definition) is 3. The molecule has 1 atom stereocenters. The van der Waals surface area contributed by atoms with E-state index in [1.807, 2.05) is 13.8 Å². The molecular weight excluding hydrogens is 374 g/mol. The van der Waals surface area contributed by atoms with Gasteiger partial charge >= 0.3 is 0 Å². The molecule has 0 unspecified atom stereocenters. The number of amides is 1.